The molecule has 42 heavy (non-hydrogen) atoms. The van der Waals surface area contributed by atoms with Gasteiger partial charge in [0.25, 0.3) is 16.8 Å². The van der Waals surface area contributed by atoms with E-state index < -0.39 is 34.5 Å². The number of rotatable bonds is 10. The van der Waals surface area contributed by atoms with Crippen molar-refractivity contribution in [1.29, 1.82) is 0 Å². The average Bonchev–Trinajstić information content (AvgIpc) is 3.21. The molecule has 0 atom stereocenters. The molecule has 0 radical (unpaired) electrons. The van der Waals surface area contributed by atoms with Gasteiger partial charge in [-0.1, -0.05) is 48.0 Å². The molecule has 4 rings (SSSR count). The van der Waals surface area contributed by atoms with E-state index in [4.69, 9.17) is 27.9 Å². The highest BCUT2D eigenvalue weighted by Gasteiger charge is 2.36. The Kier molecular flexibility index (Phi) is 10.3. The normalized spacial score (nSPS) is 13.9. The van der Waals surface area contributed by atoms with Gasteiger partial charge in [-0.15, -0.1) is 0 Å². The smallest absolute Gasteiger partial charge is 0.339 e. The van der Waals surface area contributed by atoms with Crippen LogP contribution in [0.4, 0.5) is 16.2 Å². The number of carbonyl (C=O) groups excluding carboxylic acids is 4. The van der Waals surface area contributed by atoms with E-state index in [1.165, 1.54) is 42.1 Å². The minimum absolute atomic E-state index is 0.00708. The largest absolute Gasteiger partial charge is 0.462 e. The zero-order chi connectivity index (χ0) is 30.4. The number of carbonyl (C=O) groups is 4. The molecule has 1 aliphatic rings. The summed E-state index contributed by atoms with van der Waals surface area (Å²) in [7, 11) is 0. The van der Waals surface area contributed by atoms with Crippen molar-refractivity contribution in [1.82, 2.24) is 4.90 Å². The van der Waals surface area contributed by atoms with Gasteiger partial charge in [-0.25, -0.2) is 4.79 Å². The number of thioether (sulfide) groups is 1. The minimum Gasteiger partial charge on any atom is -0.462 e. The molecule has 0 aliphatic carbocycles. The monoisotopic (exact) mass is 645 g/mol. The lowest BCUT2D eigenvalue weighted by molar-refractivity contribution is -0.387. The molecule has 0 spiro atoms. The van der Waals surface area contributed by atoms with Crippen LogP contribution in [0.3, 0.4) is 0 Å². The number of ether oxygens (including phenoxy) is 1. The van der Waals surface area contributed by atoms with E-state index in [-0.39, 0.29) is 33.5 Å². The number of nitrogens with zero attached hydrogens (tertiary/aromatic N) is 2. The second-order valence-corrected chi connectivity index (χ2v) is 11.6. The topological polar surface area (TPSA) is 136 Å². The number of esters is 1. The molecule has 14 heteroatoms. The molecule has 1 saturated heterocycles. The van der Waals surface area contributed by atoms with E-state index in [1.807, 2.05) is 6.92 Å². The first kappa shape index (κ1) is 31.1. The van der Waals surface area contributed by atoms with Crippen molar-refractivity contribution in [3.8, 4) is 0 Å². The highest BCUT2D eigenvalue weighted by molar-refractivity contribution is 8.18. The lowest BCUT2D eigenvalue weighted by atomic mass is 10.2. The Morgan fingerprint density at radius 2 is 1.83 bits per heavy atom. The van der Waals surface area contributed by atoms with Crippen LogP contribution in [0.2, 0.25) is 10.0 Å². The van der Waals surface area contributed by atoms with Crippen molar-refractivity contribution >= 4 is 87.2 Å². The van der Waals surface area contributed by atoms with Gasteiger partial charge in [0.1, 0.15) is 6.54 Å². The molecule has 1 fully saturated rings. The minimum atomic E-state index is -0.720. The first-order valence-electron chi connectivity index (χ1n) is 12.3. The first-order chi connectivity index (χ1) is 20.0. The van der Waals surface area contributed by atoms with Crippen LogP contribution in [0, 0.1) is 10.1 Å². The van der Waals surface area contributed by atoms with Crippen LogP contribution < -0.4 is 5.32 Å². The molecule has 1 aliphatic heterocycles. The highest BCUT2D eigenvalue weighted by atomic mass is 35.5. The predicted molar refractivity (Wildman–Crippen MR) is 162 cm³/mol. The number of benzene rings is 3. The van der Waals surface area contributed by atoms with Crippen LogP contribution in [0.15, 0.2) is 75.4 Å². The van der Waals surface area contributed by atoms with Crippen LogP contribution in [0.5, 0.6) is 0 Å². The zero-order valence-corrected chi connectivity index (χ0v) is 24.9. The quantitative estimate of drug-likeness (QED) is 0.104. The predicted octanol–water partition coefficient (Wildman–Crippen LogP) is 7.29. The third-order valence-corrected chi connectivity index (χ3v) is 8.16. The van der Waals surface area contributed by atoms with Gasteiger partial charge in [0.05, 0.1) is 31.9 Å². The third-order valence-electron chi connectivity index (χ3n) is 5.60. The van der Waals surface area contributed by atoms with Crippen LogP contribution in [0.1, 0.15) is 29.3 Å². The molecular weight excluding hydrogens is 625 g/mol. The van der Waals surface area contributed by atoms with Gasteiger partial charge in [-0.2, -0.15) is 0 Å². The lowest BCUT2D eigenvalue weighted by Crippen LogP contribution is -2.36. The van der Waals surface area contributed by atoms with Crippen molar-refractivity contribution in [3.63, 3.8) is 0 Å². The number of nitrogens with one attached hydrogen (secondary N) is 1. The van der Waals surface area contributed by atoms with Gasteiger partial charge >= 0.3 is 5.97 Å². The van der Waals surface area contributed by atoms with E-state index in [1.54, 1.807) is 36.4 Å². The number of imide groups is 1. The summed E-state index contributed by atoms with van der Waals surface area (Å²) in [5.41, 5.74) is 0.437. The maximum atomic E-state index is 13.0. The number of hydrogen-bond donors (Lipinski definition) is 1. The van der Waals surface area contributed by atoms with Crippen LogP contribution in [-0.2, 0) is 14.3 Å². The molecule has 3 aromatic carbocycles. The molecule has 0 aromatic heterocycles. The second kappa shape index (κ2) is 13.9. The van der Waals surface area contributed by atoms with Gasteiger partial charge < -0.3 is 10.1 Å². The summed E-state index contributed by atoms with van der Waals surface area (Å²) in [5.74, 6) is -2.05. The van der Waals surface area contributed by atoms with Gasteiger partial charge in [0.2, 0.25) is 5.91 Å². The summed E-state index contributed by atoms with van der Waals surface area (Å²) in [4.78, 5) is 63.5. The van der Waals surface area contributed by atoms with Crippen molar-refractivity contribution in [2.24, 2.45) is 0 Å². The Hall–Kier alpha value is -3.84. The summed E-state index contributed by atoms with van der Waals surface area (Å²) in [5, 5.41) is 14.3. The van der Waals surface area contributed by atoms with Crippen molar-refractivity contribution in [2.45, 2.75) is 23.1 Å². The van der Waals surface area contributed by atoms with E-state index in [2.05, 4.69) is 5.32 Å². The molecule has 0 bridgehead atoms. The number of anilines is 1. The Morgan fingerprint density at radius 1 is 1.10 bits per heavy atom. The summed E-state index contributed by atoms with van der Waals surface area (Å²) < 4.78 is 5.09. The molecule has 0 unspecified atom stereocenters. The standard InChI is InChI=1S/C28H21Cl2N3O7S2/c1-2-11-40-27(36)20-14-18(6-9-21(20)30)31-25(34)15-32-26(35)24(42-28(32)37)13-16-3-10-23(22(12-16)33(38)39)41-19-7-4-17(29)5-8-19/h3-10,12-14H,2,11,15H2,1H3,(H,31,34)/b24-13-. The van der Waals surface area contributed by atoms with E-state index >= 15 is 0 Å². The Labute approximate surface area is 258 Å². The Morgan fingerprint density at radius 3 is 2.52 bits per heavy atom. The Balaban J connectivity index is 1.46. The molecule has 3 aromatic rings. The molecule has 10 nitrogen and oxygen atoms in total. The highest BCUT2D eigenvalue weighted by Crippen LogP contribution is 2.38. The fraction of sp³-hybridized carbons (Fsp3) is 0.143. The van der Waals surface area contributed by atoms with Crippen LogP contribution in [0.25, 0.3) is 6.08 Å². The fourth-order valence-electron chi connectivity index (χ4n) is 3.65. The molecule has 1 heterocycles. The second-order valence-electron chi connectivity index (χ2n) is 8.69. The average molecular weight is 647 g/mol. The van der Waals surface area contributed by atoms with Crippen LogP contribution >= 0.6 is 46.7 Å². The molecule has 1 N–H and O–H groups in total. The molecule has 0 saturated carbocycles. The number of amides is 3. The number of nitro benzene ring substituents is 1. The van der Waals surface area contributed by atoms with Gasteiger partial charge in [-0.3, -0.25) is 29.4 Å². The van der Waals surface area contributed by atoms with E-state index in [0.717, 1.165) is 9.80 Å². The molecule has 216 valence electrons. The fourth-order valence-corrected chi connectivity index (χ4v) is 5.71. The summed E-state index contributed by atoms with van der Waals surface area (Å²) in [6.45, 7) is 1.46. The Bertz CT molecular complexity index is 1610. The van der Waals surface area contributed by atoms with E-state index in [0.29, 0.717) is 33.7 Å². The van der Waals surface area contributed by atoms with Crippen LogP contribution in [-0.4, -0.2) is 46.0 Å². The van der Waals surface area contributed by atoms with Gasteiger partial charge in [0, 0.05) is 21.7 Å². The summed E-state index contributed by atoms with van der Waals surface area (Å²) >= 11 is 13.8. The van der Waals surface area contributed by atoms with Gasteiger partial charge in [0.15, 0.2) is 0 Å². The summed E-state index contributed by atoms with van der Waals surface area (Å²) in [6.07, 6.45) is 1.98. The van der Waals surface area contributed by atoms with Crippen molar-refractivity contribution in [2.75, 3.05) is 18.5 Å². The van der Waals surface area contributed by atoms with Gasteiger partial charge in [-0.05, 0) is 78.4 Å². The maximum absolute atomic E-state index is 13.0. The van der Waals surface area contributed by atoms with Crippen molar-refractivity contribution < 1.29 is 28.8 Å². The molecular formula is C28H21Cl2N3O7S2. The number of halogens is 2. The van der Waals surface area contributed by atoms with E-state index in [9.17, 15) is 29.3 Å². The zero-order valence-electron chi connectivity index (χ0n) is 21.8. The SMILES string of the molecule is CCCOC(=O)c1cc(NC(=O)CN2C(=O)S/C(=C\c3ccc(Sc4ccc(Cl)cc4)c([N+](=O)[O-])c3)C2=O)ccc1Cl. The maximum Gasteiger partial charge on any atom is 0.339 e. The lowest BCUT2D eigenvalue weighted by Gasteiger charge is -2.13. The first-order valence-corrected chi connectivity index (χ1v) is 14.7. The van der Waals surface area contributed by atoms with Crippen molar-refractivity contribution in [3.05, 3.63) is 96.9 Å². The molecule has 3 amide bonds. The number of nitro groups is 1. The third kappa shape index (κ3) is 7.71. The summed E-state index contributed by atoms with van der Waals surface area (Å²) in [6, 6.07) is 15.5. The number of hydrogen-bond acceptors (Lipinski definition) is 9.